The molecule has 1 N–H and O–H groups in total. The van der Waals surface area contributed by atoms with Crippen molar-refractivity contribution in [2.24, 2.45) is 0 Å². The zero-order valence-electron chi connectivity index (χ0n) is 18.4. The number of nitrogens with one attached hydrogen (secondary N) is 1. The minimum Gasteiger partial charge on any atom is -0.460 e. The number of esters is 1. The highest BCUT2D eigenvalue weighted by atomic mass is 31.2. The molecule has 4 aromatic carbocycles. The first-order chi connectivity index (χ1) is 16.4. The van der Waals surface area contributed by atoms with Crippen LogP contribution in [0.3, 0.4) is 0 Å². The molecular formula is C26H23FNO5P. The van der Waals surface area contributed by atoms with Crippen LogP contribution in [0.5, 0.6) is 11.5 Å². The third-order valence-corrected chi connectivity index (χ3v) is 6.53. The van der Waals surface area contributed by atoms with Gasteiger partial charge in [0.05, 0.1) is 0 Å². The zero-order valence-corrected chi connectivity index (χ0v) is 19.3. The van der Waals surface area contributed by atoms with Crippen molar-refractivity contribution in [3.63, 3.8) is 0 Å². The normalized spacial score (nSPS) is 13.6. The SMILES string of the molecule is C[C@H](NP(=O)(Oc1ccccc1F)Oc1cccc2ccccc12)C(=O)OCc1ccccc1. The molecule has 4 rings (SSSR count). The van der Waals surface area contributed by atoms with Crippen LogP contribution in [0.1, 0.15) is 12.5 Å². The maximum absolute atomic E-state index is 14.3. The Morgan fingerprint density at radius 3 is 2.26 bits per heavy atom. The molecule has 174 valence electrons. The predicted molar refractivity (Wildman–Crippen MR) is 128 cm³/mol. The van der Waals surface area contributed by atoms with Crippen molar-refractivity contribution in [1.82, 2.24) is 5.09 Å². The first kappa shape index (κ1) is 23.5. The summed E-state index contributed by atoms with van der Waals surface area (Å²) in [5, 5.41) is 4.13. The first-order valence-electron chi connectivity index (χ1n) is 10.6. The van der Waals surface area contributed by atoms with E-state index in [0.29, 0.717) is 5.39 Å². The Kier molecular flexibility index (Phi) is 7.26. The summed E-state index contributed by atoms with van der Waals surface area (Å²) in [5.74, 6) is -1.40. The molecule has 6 nitrogen and oxygen atoms in total. The van der Waals surface area contributed by atoms with Gasteiger partial charge in [-0.15, -0.1) is 0 Å². The molecular weight excluding hydrogens is 456 g/mol. The predicted octanol–water partition coefficient (Wildman–Crippen LogP) is 6.27. The molecule has 0 aromatic heterocycles. The van der Waals surface area contributed by atoms with Crippen molar-refractivity contribution in [1.29, 1.82) is 0 Å². The summed E-state index contributed by atoms with van der Waals surface area (Å²) in [5.41, 5.74) is 0.806. The van der Waals surface area contributed by atoms with Gasteiger partial charge >= 0.3 is 13.7 Å². The van der Waals surface area contributed by atoms with Gasteiger partial charge < -0.3 is 13.8 Å². The third-order valence-electron chi connectivity index (χ3n) is 4.95. The number of benzene rings is 4. The van der Waals surface area contributed by atoms with Gasteiger partial charge in [-0.3, -0.25) is 4.79 Å². The Bertz CT molecular complexity index is 1330. The highest BCUT2D eigenvalue weighted by molar-refractivity contribution is 7.52. The third kappa shape index (κ3) is 5.81. The minimum atomic E-state index is -4.29. The minimum absolute atomic E-state index is 0.0499. The van der Waals surface area contributed by atoms with E-state index in [0.717, 1.165) is 10.9 Å². The molecule has 0 saturated heterocycles. The fourth-order valence-corrected chi connectivity index (χ4v) is 4.82. The molecule has 0 fully saturated rings. The molecule has 0 spiro atoms. The molecule has 0 bridgehead atoms. The molecule has 1 unspecified atom stereocenters. The van der Waals surface area contributed by atoms with Crippen LogP contribution in [-0.2, 0) is 20.7 Å². The molecule has 0 aliphatic rings. The maximum Gasteiger partial charge on any atom is 0.513 e. The number of hydrogen-bond acceptors (Lipinski definition) is 5. The quantitative estimate of drug-likeness (QED) is 0.225. The summed E-state index contributed by atoms with van der Waals surface area (Å²) >= 11 is 0. The number of para-hydroxylation sites is 1. The molecule has 0 heterocycles. The van der Waals surface area contributed by atoms with E-state index in [4.69, 9.17) is 13.8 Å². The van der Waals surface area contributed by atoms with E-state index >= 15 is 0 Å². The van der Waals surface area contributed by atoms with Crippen LogP contribution in [0.15, 0.2) is 97.1 Å². The Hall–Kier alpha value is -3.67. The molecule has 34 heavy (non-hydrogen) atoms. The Morgan fingerprint density at radius 1 is 0.853 bits per heavy atom. The summed E-state index contributed by atoms with van der Waals surface area (Å²) in [7, 11) is -4.29. The maximum atomic E-state index is 14.3. The largest absolute Gasteiger partial charge is 0.513 e. The average Bonchev–Trinajstić information content (AvgIpc) is 2.85. The second kappa shape index (κ2) is 10.5. The topological polar surface area (TPSA) is 73.9 Å². The number of rotatable bonds is 9. The lowest BCUT2D eigenvalue weighted by Gasteiger charge is -2.24. The van der Waals surface area contributed by atoms with Crippen LogP contribution < -0.4 is 14.1 Å². The lowest BCUT2D eigenvalue weighted by Crippen LogP contribution is -2.35. The molecule has 0 aliphatic heterocycles. The number of halogens is 1. The summed E-state index contributed by atoms with van der Waals surface area (Å²) in [4.78, 5) is 12.6. The van der Waals surface area contributed by atoms with Crippen LogP contribution in [0.25, 0.3) is 10.8 Å². The van der Waals surface area contributed by atoms with Crippen LogP contribution in [0.2, 0.25) is 0 Å². The van der Waals surface area contributed by atoms with Crippen molar-refractivity contribution in [3.05, 3.63) is 108 Å². The van der Waals surface area contributed by atoms with Gasteiger partial charge in [0.2, 0.25) is 0 Å². The number of carbonyl (C=O) groups excluding carboxylic acids is 1. The summed E-state index contributed by atoms with van der Waals surface area (Å²) in [6.45, 7) is 1.52. The lowest BCUT2D eigenvalue weighted by molar-refractivity contribution is -0.146. The van der Waals surface area contributed by atoms with E-state index in [-0.39, 0.29) is 18.1 Å². The molecule has 0 saturated carbocycles. The van der Waals surface area contributed by atoms with Crippen molar-refractivity contribution < 1.29 is 27.5 Å². The van der Waals surface area contributed by atoms with Gasteiger partial charge in [0.25, 0.3) is 0 Å². The average molecular weight is 479 g/mol. The summed E-state index contributed by atoms with van der Waals surface area (Å²) < 4.78 is 44.7. The van der Waals surface area contributed by atoms with Gasteiger partial charge in [-0.25, -0.2) is 8.96 Å². The number of hydrogen-bond donors (Lipinski definition) is 1. The van der Waals surface area contributed by atoms with Crippen molar-refractivity contribution in [2.75, 3.05) is 0 Å². The van der Waals surface area contributed by atoms with Gasteiger partial charge in [0.15, 0.2) is 11.6 Å². The zero-order chi connectivity index (χ0) is 24.0. The number of fused-ring (bicyclic) bond motifs is 1. The second-order valence-electron chi connectivity index (χ2n) is 7.53. The number of ether oxygens (including phenoxy) is 1. The van der Waals surface area contributed by atoms with Crippen molar-refractivity contribution in [3.8, 4) is 11.5 Å². The van der Waals surface area contributed by atoms with Gasteiger partial charge in [-0.1, -0.05) is 78.9 Å². The fourth-order valence-electron chi connectivity index (χ4n) is 3.27. The van der Waals surface area contributed by atoms with Crippen molar-refractivity contribution in [2.45, 2.75) is 19.6 Å². The smallest absolute Gasteiger partial charge is 0.460 e. The highest BCUT2D eigenvalue weighted by Crippen LogP contribution is 2.47. The van der Waals surface area contributed by atoms with E-state index in [1.54, 1.807) is 18.2 Å². The Labute approximate surface area is 196 Å². The van der Waals surface area contributed by atoms with E-state index in [1.165, 1.54) is 31.2 Å². The highest BCUT2D eigenvalue weighted by Gasteiger charge is 2.35. The number of carbonyl (C=O) groups is 1. The molecule has 2 atom stereocenters. The van der Waals surface area contributed by atoms with E-state index in [9.17, 15) is 13.8 Å². The molecule has 0 aliphatic carbocycles. The second-order valence-corrected chi connectivity index (χ2v) is 9.15. The van der Waals surface area contributed by atoms with Crippen LogP contribution in [-0.4, -0.2) is 12.0 Å². The lowest BCUT2D eigenvalue weighted by atomic mass is 10.1. The van der Waals surface area contributed by atoms with Crippen LogP contribution in [0, 0.1) is 5.82 Å². The van der Waals surface area contributed by atoms with E-state index in [2.05, 4.69) is 5.09 Å². The fraction of sp³-hybridized carbons (Fsp3) is 0.115. The van der Waals surface area contributed by atoms with E-state index < -0.39 is 25.6 Å². The van der Waals surface area contributed by atoms with Gasteiger partial charge in [0.1, 0.15) is 18.4 Å². The monoisotopic (exact) mass is 479 g/mol. The molecule has 4 aromatic rings. The summed E-state index contributed by atoms with van der Waals surface area (Å²) in [6.07, 6.45) is 0. The van der Waals surface area contributed by atoms with Gasteiger partial charge in [-0.2, -0.15) is 5.09 Å². The molecule has 8 heteroatoms. The van der Waals surface area contributed by atoms with Crippen LogP contribution in [0.4, 0.5) is 4.39 Å². The first-order valence-corrected chi connectivity index (χ1v) is 12.2. The van der Waals surface area contributed by atoms with Gasteiger partial charge in [0, 0.05) is 5.39 Å². The molecule has 0 radical (unpaired) electrons. The summed E-state index contributed by atoms with van der Waals surface area (Å²) in [6, 6.07) is 26.2. The Morgan fingerprint density at radius 2 is 1.47 bits per heavy atom. The standard InChI is InChI=1S/C26H23FNO5P/c1-19(26(29)31-18-20-10-3-2-4-11-20)28-34(30,33-25-16-8-7-15-23(25)27)32-24-17-9-13-21-12-5-6-14-22(21)24/h2-17,19H,18H2,1H3,(H,28,30)/t19-,34?/m0/s1. The van der Waals surface area contributed by atoms with E-state index in [1.807, 2.05) is 54.6 Å². The van der Waals surface area contributed by atoms with Crippen molar-refractivity contribution >= 4 is 24.5 Å². The van der Waals surface area contributed by atoms with Gasteiger partial charge in [-0.05, 0) is 36.1 Å². The van der Waals surface area contributed by atoms with Crippen LogP contribution >= 0.6 is 7.75 Å². The molecule has 0 amide bonds. The Balaban J connectivity index is 1.57.